The minimum Gasteiger partial charge on any atom is -0.0616 e. The first-order valence-corrected chi connectivity index (χ1v) is 14.6. The fourth-order valence-corrected chi connectivity index (χ4v) is 7.07. The minimum atomic E-state index is 1.23. The van der Waals surface area contributed by atoms with E-state index in [0.29, 0.717) is 0 Å². The van der Waals surface area contributed by atoms with Crippen LogP contribution in [0, 0.1) is 0 Å². The van der Waals surface area contributed by atoms with Gasteiger partial charge in [-0.15, -0.1) is 0 Å². The first-order valence-electron chi connectivity index (χ1n) is 14.6. The summed E-state index contributed by atoms with van der Waals surface area (Å²) in [5, 5.41) is 7.79. The molecule has 0 bridgehead atoms. The number of rotatable bonds is 3. The first kappa shape index (κ1) is 23.3. The number of fused-ring (bicyclic) bond motifs is 5. The summed E-state index contributed by atoms with van der Waals surface area (Å²) in [6, 6.07) is 58.0. The molecule has 0 spiro atoms. The molecule has 0 amide bonds. The van der Waals surface area contributed by atoms with Crippen molar-refractivity contribution in [2.45, 2.75) is 0 Å². The molecule has 194 valence electrons. The molecule has 0 aliphatic heterocycles. The summed E-state index contributed by atoms with van der Waals surface area (Å²) in [6.45, 7) is 0. The SMILES string of the molecule is c1ccc2c(c1)-c1cccc3cc(-c4ccc(-c5ccc(-c6cccc7ccccc67)c6ccccc56)cc4)cc-2c13. The van der Waals surface area contributed by atoms with Crippen molar-refractivity contribution in [1.29, 1.82) is 0 Å². The normalized spacial score (nSPS) is 11.8. The number of hydrogen-bond acceptors (Lipinski definition) is 0. The van der Waals surface area contributed by atoms with E-state index >= 15 is 0 Å². The maximum atomic E-state index is 2.38. The summed E-state index contributed by atoms with van der Waals surface area (Å²) in [7, 11) is 0. The maximum absolute atomic E-state index is 2.38. The van der Waals surface area contributed by atoms with Crippen molar-refractivity contribution >= 4 is 32.3 Å². The van der Waals surface area contributed by atoms with Crippen LogP contribution in [0.4, 0.5) is 0 Å². The van der Waals surface area contributed by atoms with Crippen LogP contribution in [0.2, 0.25) is 0 Å². The van der Waals surface area contributed by atoms with Crippen molar-refractivity contribution in [2.75, 3.05) is 0 Å². The van der Waals surface area contributed by atoms with Crippen LogP contribution in [0.5, 0.6) is 0 Å². The average molecular weight is 531 g/mol. The van der Waals surface area contributed by atoms with Gasteiger partial charge in [-0.25, -0.2) is 0 Å². The lowest BCUT2D eigenvalue weighted by atomic mass is 9.89. The Hall–Kier alpha value is -5.46. The summed E-state index contributed by atoms with van der Waals surface area (Å²) in [4.78, 5) is 0. The van der Waals surface area contributed by atoms with Gasteiger partial charge in [-0.05, 0) is 100 Å². The van der Waals surface area contributed by atoms with E-state index in [9.17, 15) is 0 Å². The molecule has 9 rings (SSSR count). The van der Waals surface area contributed by atoms with Gasteiger partial charge in [0, 0.05) is 0 Å². The van der Waals surface area contributed by atoms with Gasteiger partial charge in [0.05, 0.1) is 0 Å². The highest BCUT2D eigenvalue weighted by molar-refractivity contribution is 6.16. The van der Waals surface area contributed by atoms with Crippen LogP contribution in [0.3, 0.4) is 0 Å². The van der Waals surface area contributed by atoms with E-state index in [1.165, 1.54) is 88.0 Å². The van der Waals surface area contributed by atoms with E-state index in [1.807, 2.05) is 0 Å². The Labute approximate surface area is 245 Å². The van der Waals surface area contributed by atoms with E-state index in [-0.39, 0.29) is 0 Å². The lowest BCUT2D eigenvalue weighted by Gasteiger charge is -2.14. The van der Waals surface area contributed by atoms with Crippen molar-refractivity contribution in [3.05, 3.63) is 158 Å². The van der Waals surface area contributed by atoms with Crippen LogP contribution in [-0.2, 0) is 0 Å². The van der Waals surface area contributed by atoms with E-state index in [4.69, 9.17) is 0 Å². The highest BCUT2D eigenvalue weighted by Gasteiger charge is 2.21. The van der Waals surface area contributed by atoms with Crippen LogP contribution in [-0.4, -0.2) is 0 Å². The third-order valence-electron chi connectivity index (χ3n) is 9.02. The summed E-state index contributed by atoms with van der Waals surface area (Å²) >= 11 is 0. The fraction of sp³-hybridized carbons (Fsp3) is 0. The molecule has 1 aliphatic carbocycles. The van der Waals surface area contributed by atoms with Crippen LogP contribution in [0.25, 0.3) is 88.0 Å². The molecular weight excluding hydrogens is 504 g/mol. The highest BCUT2D eigenvalue weighted by atomic mass is 14.2. The zero-order valence-corrected chi connectivity index (χ0v) is 23.0. The maximum Gasteiger partial charge on any atom is -0.00259 e. The molecule has 0 radical (unpaired) electrons. The summed E-state index contributed by atoms with van der Waals surface area (Å²) in [5.74, 6) is 0. The minimum absolute atomic E-state index is 1.23. The molecule has 0 N–H and O–H groups in total. The topological polar surface area (TPSA) is 0 Å². The Balaban J connectivity index is 1.15. The molecule has 0 aromatic heterocycles. The lowest BCUT2D eigenvalue weighted by Crippen LogP contribution is -1.88. The molecule has 0 fully saturated rings. The molecule has 0 heterocycles. The van der Waals surface area contributed by atoms with Gasteiger partial charge in [-0.1, -0.05) is 146 Å². The fourth-order valence-electron chi connectivity index (χ4n) is 7.07. The molecular formula is C42H26. The zero-order chi connectivity index (χ0) is 27.6. The molecule has 0 atom stereocenters. The van der Waals surface area contributed by atoms with Gasteiger partial charge in [0.25, 0.3) is 0 Å². The Bertz CT molecular complexity index is 2330. The van der Waals surface area contributed by atoms with E-state index in [2.05, 4.69) is 158 Å². The Morgan fingerprint density at radius 3 is 1.57 bits per heavy atom. The van der Waals surface area contributed by atoms with Gasteiger partial charge in [0.1, 0.15) is 0 Å². The van der Waals surface area contributed by atoms with Crippen LogP contribution in [0.15, 0.2) is 158 Å². The quantitative estimate of drug-likeness (QED) is 0.213. The van der Waals surface area contributed by atoms with Gasteiger partial charge in [-0.2, -0.15) is 0 Å². The molecule has 0 saturated carbocycles. The van der Waals surface area contributed by atoms with Crippen LogP contribution in [0.1, 0.15) is 0 Å². The summed E-state index contributed by atoms with van der Waals surface area (Å²) in [5.41, 5.74) is 12.9. The van der Waals surface area contributed by atoms with Gasteiger partial charge in [0.2, 0.25) is 0 Å². The number of hydrogen-bond donors (Lipinski definition) is 0. The second-order valence-corrected chi connectivity index (χ2v) is 11.3. The van der Waals surface area contributed by atoms with Crippen LogP contribution < -0.4 is 0 Å². The van der Waals surface area contributed by atoms with Gasteiger partial charge < -0.3 is 0 Å². The van der Waals surface area contributed by atoms with Crippen LogP contribution >= 0.6 is 0 Å². The molecule has 0 nitrogen and oxygen atoms in total. The van der Waals surface area contributed by atoms with E-state index in [0.717, 1.165) is 0 Å². The van der Waals surface area contributed by atoms with E-state index in [1.54, 1.807) is 0 Å². The molecule has 42 heavy (non-hydrogen) atoms. The third kappa shape index (κ3) is 3.42. The Morgan fingerprint density at radius 2 is 0.762 bits per heavy atom. The van der Waals surface area contributed by atoms with Crippen molar-refractivity contribution in [1.82, 2.24) is 0 Å². The van der Waals surface area contributed by atoms with Crippen molar-refractivity contribution in [3.63, 3.8) is 0 Å². The van der Waals surface area contributed by atoms with Crippen molar-refractivity contribution in [2.24, 2.45) is 0 Å². The summed E-state index contributed by atoms with van der Waals surface area (Å²) in [6.07, 6.45) is 0. The second kappa shape index (κ2) is 9.03. The monoisotopic (exact) mass is 530 g/mol. The molecule has 1 aliphatic rings. The Morgan fingerprint density at radius 1 is 0.238 bits per heavy atom. The molecule has 8 aromatic carbocycles. The van der Waals surface area contributed by atoms with Gasteiger partial charge >= 0.3 is 0 Å². The molecule has 0 heteroatoms. The molecule has 0 saturated heterocycles. The lowest BCUT2D eigenvalue weighted by molar-refractivity contribution is 1.61. The second-order valence-electron chi connectivity index (χ2n) is 11.3. The van der Waals surface area contributed by atoms with Crippen molar-refractivity contribution in [3.8, 4) is 55.6 Å². The highest BCUT2D eigenvalue weighted by Crippen LogP contribution is 2.48. The number of benzene rings is 8. The molecule has 8 aromatic rings. The third-order valence-corrected chi connectivity index (χ3v) is 9.02. The zero-order valence-electron chi connectivity index (χ0n) is 23.0. The van der Waals surface area contributed by atoms with Gasteiger partial charge in [0.15, 0.2) is 0 Å². The van der Waals surface area contributed by atoms with E-state index < -0.39 is 0 Å². The Kier molecular flexibility index (Phi) is 5.00. The molecule has 0 unspecified atom stereocenters. The standard InChI is InChI=1S/C42H26/c1-2-12-32-28(9-1)10-7-17-35(32)39-24-23-33(34-13-3-4-14-36(34)39)29-21-19-27(20-22-29)31-25-30-11-8-18-40-37-15-5-6-16-38(37)41(26-31)42(30)40/h1-26H. The van der Waals surface area contributed by atoms with Gasteiger partial charge in [-0.3, -0.25) is 0 Å². The average Bonchev–Trinajstić information content (AvgIpc) is 3.39. The predicted octanol–water partition coefficient (Wildman–Crippen LogP) is 11.8. The van der Waals surface area contributed by atoms with Crippen molar-refractivity contribution < 1.29 is 0 Å². The largest absolute Gasteiger partial charge is 0.0616 e. The smallest absolute Gasteiger partial charge is 0.00259 e. The predicted molar refractivity (Wildman–Crippen MR) is 180 cm³/mol. The summed E-state index contributed by atoms with van der Waals surface area (Å²) < 4.78 is 0. The first-order chi connectivity index (χ1) is 20.8.